The van der Waals surface area contributed by atoms with Crippen LogP contribution in [0.15, 0.2) is 36.5 Å². The number of nitrogens with one attached hydrogen (secondary N) is 1. The van der Waals surface area contributed by atoms with Crippen molar-refractivity contribution in [3.63, 3.8) is 0 Å². The summed E-state index contributed by atoms with van der Waals surface area (Å²) in [5.41, 5.74) is 2.19. The molecule has 2 heterocycles. The highest BCUT2D eigenvalue weighted by molar-refractivity contribution is 5.92. The molecule has 7 heteroatoms. The second-order valence-electron chi connectivity index (χ2n) is 6.30. The Balaban J connectivity index is 1.55. The molecule has 1 aromatic carbocycles. The lowest BCUT2D eigenvalue weighted by Gasteiger charge is -2.26. The molecule has 0 radical (unpaired) electrons. The zero-order valence-electron chi connectivity index (χ0n) is 14.0. The molecule has 0 spiro atoms. The van der Waals surface area contributed by atoms with Gasteiger partial charge >= 0.3 is 6.55 Å². The van der Waals surface area contributed by atoms with E-state index in [2.05, 4.69) is 27.4 Å². The largest absolute Gasteiger partial charge is 0.347 e. The maximum Gasteiger partial charge on any atom is 0.333 e. The Morgan fingerprint density at radius 1 is 1.16 bits per heavy atom. The molecule has 0 saturated carbocycles. The minimum Gasteiger partial charge on any atom is -0.347 e. The monoisotopic (exact) mass is 348 g/mol. The van der Waals surface area contributed by atoms with Crippen LogP contribution in [0.3, 0.4) is 0 Å². The summed E-state index contributed by atoms with van der Waals surface area (Å²) in [6.45, 7) is 0.782. The zero-order valence-corrected chi connectivity index (χ0v) is 14.0. The zero-order chi connectivity index (χ0) is 17.6. The molecule has 1 saturated heterocycles. The summed E-state index contributed by atoms with van der Waals surface area (Å²) in [5, 5.41) is 6.29. The molecule has 3 rings (SSSR count). The second-order valence-corrected chi connectivity index (χ2v) is 6.30. The van der Waals surface area contributed by atoms with Gasteiger partial charge in [0.1, 0.15) is 5.69 Å². The van der Waals surface area contributed by atoms with Gasteiger partial charge in [-0.2, -0.15) is 13.9 Å². The highest BCUT2D eigenvalue weighted by Gasteiger charge is 2.14. The molecule has 1 aromatic heterocycles. The van der Waals surface area contributed by atoms with Crippen molar-refractivity contribution < 1.29 is 13.6 Å². The molecule has 2 aromatic rings. The molecule has 0 unspecified atom stereocenters. The number of likely N-dealkylation sites (tertiary alicyclic amines) is 1. The van der Waals surface area contributed by atoms with Crippen molar-refractivity contribution in [1.29, 1.82) is 0 Å². The van der Waals surface area contributed by atoms with Crippen LogP contribution < -0.4 is 5.32 Å². The van der Waals surface area contributed by atoms with Crippen LogP contribution in [0.25, 0.3) is 0 Å². The highest BCUT2D eigenvalue weighted by Crippen LogP contribution is 2.14. The third-order valence-corrected chi connectivity index (χ3v) is 4.34. The number of halogens is 2. The van der Waals surface area contributed by atoms with Crippen LogP contribution in [0.5, 0.6) is 0 Å². The predicted octanol–water partition coefficient (Wildman–Crippen LogP) is 3.19. The quantitative estimate of drug-likeness (QED) is 0.872. The smallest absolute Gasteiger partial charge is 0.333 e. The Morgan fingerprint density at radius 2 is 1.92 bits per heavy atom. The van der Waals surface area contributed by atoms with Crippen molar-refractivity contribution in [2.45, 2.75) is 38.9 Å². The number of aromatic nitrogens is 2. The van der Waals surface area contributed by atoms with Crippen molar-refractivity contribution in [3.05, 3.63) is 53.3 Å². The molecule has 1 fully saturated rings. The molecule has 0 atom stereocenters. The van der Waals surface area contributed by atoms with E-state index in [0.29, 0.717) is 11.2 Å². The van der Waals surface area contributed by atoms with Gasteiger partial charge in [0.15, 0.2) is 0 Å². The number of benzene rings is 1. The SMILES string of the molecule is O=C(NCc1cccc(CN2CCCCC2)c1)c1ccn(C(F)F)n1. The number of amides is 1. The first-order valence-electron chi connectivity index (χ1n) is 8.53. The number of rotatable bonds is 6. The average Bonchev–Trinajstić information content (AvgIpc) is 3.11. The van der Waals surface area contributed by atoms with Gasteiger partial charge in [-0.15, -0.1) is 0 Å². The molecule has 25 heavy (non-hydrogen) atoms. The molecule has 0 bridgehead atoms. The predicted molar refractivity (Wildman–Crippen MR) is 90.2 cm³/mol. The lowest BCUT2D eigenvalue weighted by atomic mass is 10.1. The fourth-order valence-electron chi connectivity index (χ4n) is 3.05. The molecular formula is C18H22F2N4O. The van der Waals surface area contributed by atoms with Crippen molar-refractivity contribution in [3.8, 4) is 0 Å². The number of piperidine rings is 1. The summed E-state index contributed by atoms with van der Waals surface area (Å²) >= 11 is 0. The Bertz CT molecular complexity index is 711. The average molecular weight is 348 g/mol. The summed E-state index contributed by atoms with van der Waals surface area (Å²) in [4.78, 5) is 14.5. The minimum absolute atomic E-state index is 0.00947. The maximum atomic E-state index is 12.5. The molecule has 1 aliphatic rings. The summed E-state index contributed by atoms with van der Waals surface area (Å²) in [6.07, 6.45) is 4.91. The van der Waals surface area contributed by atoms with Crippen LogP contribution >= 0.6 is 0 Å². The fraction of sp³-hybridized carbons (Fsp3) is 0.444. The van der Waals surface area contributed by atoms with E-state index in [0.717, 1.165) is 31.4 Å². The Morgan fingerprint density at radius 3 is 2.64 bits per heavy atom. The van der Waals surface area contributed by atoms with Crippen molar-refractivity contribution in [2.24, 2.45) is 0 Å². The first-order valence-corrected chi connectivity index (χ1v) is 8.53. The van der Waals surface area contributed by atoms with Crippen LogP contribution in [0.4, 0.5) is 8.78 Å². The normalized spacial score (nSPS) is 15.5. The number of hydrogen-bond acceptors (Lipinski definition) is 3. The first kappa shape index (κ1) is 17.5. The number of alkyl halides is 2. The van der Waals surface area contributed by atoms with E-state index in [1.54, 1.807) is 0 Å². The topological polar surface area (TPSA) is 50.2 Å². The van der Waals surface area contributed by atoms with Gasteiger partial charge in [0.2, 0.25) is 0 Å². The lowest BCUT2D eigenvalue weighted by Crippen LogP contribution is -2.29. The minimum atomic E-state index is -2.74. The highest BCUT2D eigenvalue weighted by atomic mass is 19.3. The van der Waals surface area contributed by atoms with Gasteiger partial charge in [-0.25, -0.2) is 4.68 Å². The van der Waals surface area contributed by atoms with Gasteiger partial charge in [0.05, 0.1) is 0 Å². The summed E-state index contributed by atoms with van der Waals surface area (Å²) in [7, 11) is 0. The Hall–Kier alpha value is -2.28. The van der Waals surface area contributed by atoms with Crippen LogP contribution in [0.2, 0.25) is 0 Å². The number of carbonyl (C=O) groups is 1. The van der Waals surface area contributed by atoms with Crippen LogP contribution in [-0.2, 0) is 13.1 Å². The molecule has 134 valence electrons. The van der Waals surface area contributed by atoms with Crippen molar-refractivity contribution >= 4 is 5.91 Å². The standard InChI is InChI=1S/C18H22F2N4O/c19-18(20)24-10-7-16(22-24)17(25)21-12-14-5-4-6-15(11-14)13-23-8-2-1-3-9-23/h4-7,10-11,18H,1-3,8-9,12-13H2,(H,21,25). The molecular weight excluding hydrogens is 326 g/mol. The van der Waals surface area contributed by atoms with Crippen LogP contribution in [0, 0.1) is 0 Å². The lowest BCUT2D eigenvalue weighted by molar-refractivity contribution is 0.0560. The van der Waals surface area contributed by atoms with Crippen molar-refractivity contribution in [1.82, 2.24) is 20.0 Å². The Kier molecular flexibility index (Phi) is 5.75. The van der Waals surface area contributed by atoms with E-state index in [1.807, 2.05) is 12.1 Å². The molecule has 5 nitrogen and oxygen atoms in total. The molecule has 1 amide bonds. The summed E-state index contributed by atoms with van der Waals surface area (Å²) in [5.74, 6) is -0.458. The fourth-order valence-corrected chi connectivity index (χ4v) is 3.05. The summed E-state index contributed by atoms with van der Waals surface area (Å²) < 4.78 is 25.5. The Labute approximate surface area is 145 Å². The molecule has 1 aliphatic heterocycles. The van der Waals surface area contributed by atoms with Crippen LogP contribution in [-0.4, -0.2) is 33.7 Å². The van der Waals surface area contributed by atoms with E-state index in [4.69, 9.17) is 0 Å². The van der Waals surface area contributed by atoms with E-state index >= 15 is 0 Å². The summed E-state index contributed by atoms with van der Waals surface area (Å²) in [6, 6.07) is 9.37. The van der Waals surface area contributed by atoms with E-state index in [9.17, 15) is 13.6 Å². The second kappa shape index (κ2) is 8.20. The van der Waals surface area contributed by atoms with E-state index < -0.39 is 12.5 Å². The number of hydrogen-bond donors (Lipinski definition) is 1. The van der Waals surface area contributed by atoms with E-state index in [1.165, 1.54) is 30.9 Å². The van der Waals surface area contributed by atoms with E-state index in [-0.39, 0.29) is 5.69 Å². The first-order chi connectivity index (χ1) is 12.1. The van der Waals surface area contributed by atoms with Gasteiger partial charge in [-0.3, -0.25) is 9.69 Å². The van der Waals surface area contributed by atoms with Gasteiger partial charge < -0.3 is 5.32 Å². The molecule has 1 N–H and O–H groups in total. The van der Waals surface area contributed by atoms with Crippen molar-refractivity contribution in [2.75, 3.05) is 13.1 Å². The van der Waals surface area contributed by atoms with Gasteiger partial charge in [0.25, 0.3) is 5.91 Å². The maximum absolute atomic E-state index is 12.5. The van der Waals surface area contributed by atoms with Crippen LogP contribution in [0.1, 0.15) is 47.4 Å². The van der Waals surface area contributed by atoms with Gasteiger partial charge in [-0.05, 0) is 43.1 Å². The van der Waals surface area contributed by atoms with Gasteiger partial charge in [-0.1, -0.05) is 30.7 Å². The number of nitrogens with zero attached hydrogens (tertiary/aromatic N) is 3. The molecule has 0 aliphatic carbocycles. The third-order valence-electron chi connectivity index (χ3n) is 4.34. The number of carbonyl (C=O) groups excluding carboxylic acids is 1. The van der Waals surface area contributed by atoms with Gasteiger partial charge in [0, 0.05) is 19.3 Å². The third kappa shape index (κ3) is 4.85.